The summed E-state index contributed by atoms with van der Waals surface area (Å²) in [5, 5.41) is 16.5. The van der Waals surface area contributed by atoms with Gasteiger partial charge in [0.2, 0.25) is 0 Å². The van der Waals surface area contributed by atoms with Crippen molar-refractivity contribution in [3.8, 4) is 0 Å². The summed E-state index contributed by atoms with van der Waals surface area (Å²) >= 11 is 0. The summed E-state index contributed by atoms with van der Waals surface area (Å²) in [7, 11) is 1.32. The van der Waals surface area contributed by atoms with Crippen molar-refractivity contribution in [1.29, 1.82) is 0 Å². The van der Waals surface area contributed by atoms with E-state index in [9.17, 15) is 9.90 Å². The molecule has 0 aromatic heterocycles. The highest BCUT2D eigenvalue weighted by atomic mass is 16.5. The van der Waals surface area contributed by atoms with Crippen molar-refractivity contribution >= 4 is 6.09 Å². The molecule has 3 N–H and O–H groups in total. The maximum atomic E-state index is 11.4. The van der Waals surface area contributed by atoms with Crippen LogP contribution in [-0.2, 0) is 4.74 Å². The number of alkyl carbamates (subject to hydrolysis) is 1. The normalized spacial score (nSPS) is 20.2. The van der Waals surface area contributed by atoms with Crippen molar-refractivity contribution in [2.45, 2.75) is 58.3 Å². The van der Waals surface area contributed by atoms with Crippen molar-refractivity contribution in [1.82, 2.24) is 10.6 Å². The maximum Gasteiger partial charge on any atom is 0.407 e. The van der Waals surface area contributed by atoms with Crippen LogP contribution in [0.25, 0.3) is 0 Å². The molecule has 116 valence electrons. The number of hydrogen-bond donors (Lipinski definition) is 3. The summed E-state index contributed by atoms with van der Waals surface area (Å²) in [5.74, 6) is 0.480. The van der Waals surface area contributed by atoms with Crippen molar-refractivity contribution < 1.29 is 14.6 Å². The predicted molar refractivity (Wildman–Crippen MR) is 79.3 cm³/mol. The van der Waals surface area contributed by atoms with E-state index in [4.69, 9.17) is 0 Å². The standard InChI is InChI=1S/C15H28N2O3/c1-10(2)12(16-14(19)20-5)13(18)17-15(11(3)4)8-6-7-9-15/h6-7,10-13,17-18H,8-9H2,1-5H3,(H,16,19)/t12-,13?/m1/s1. The van der Waals surface area contributed by atoms with Crippen molar-refractivity contribution in [2.24, 2.45) is 11.8 Å². The van der Waals surface area contributed by atoms with E-state index in [-0.39, 0.29) is 11.5 Å². The lowest BCUT2D eigenvalue weighted by molar-refractivity contribution is 0.0294. The van der Waals surface area contributed by atoms with E-state index in [1.54, 1.807) is 0 Å². The Kier molecular flexibility index (Phi) is 6.02. The van der Waals surface area contributed by atoms with Crippen LogP contribution >= 0.6 is 0 Å². The molecule has 0 fully saturated rings. The van der Waals surface area contributed by atoms with Gasteiger partial charge in [-0.1, -0.05) is 39.8 Å². The number of hydrogen-bond acceptors (Lipinski definition) is 4. The zero-order chi connectivity index (χ0) is 15.3. The number of nitrogens with one attached hydrogen (secondary N) is 2. The predicted octanol–water partition coefficient (Wildman–Crippen LogP) is 2.02. The second kappa shape index (κ2) is 7.09. The number of aliphatic hydroxyl groups is 1. The van der Waals surface area contributed by atoms with Crippen LogP contribution in [0.15, 0.2) is 12.2 Å². The van der Waals surface area contributed by atoms with Gasteiger partial charge < -0.3 is 15.2 Å². The first-order chi connectivity index (χ1) is 9.32. The molecule has 0 heterocycles. The second-order valence-electron chi connectivity index (χ2n) is 6.19. The smallest absolute Gasteiger partial charge is 0.407 e. The molecule has 5 nitrogen and oxygen atoms in total. The lowest BCUT2D eigenvalue weighted by Gasteiger charge is -2.40. The lowest BCUT2D eigenvalue weighted by Crippen LogP contribution is -2.60. The van der Waals surface area contributed by atoms with Gasteiger partial charge >= 0.3 is 6.09 Å². The van der Waals surface area contributed by atoms with Gasteiger partial charge in [-0.15, -0.1) is 0 Å². The number of methoxy groups -OCH3 is 1. The minimum Gasteiger partial charge on any atom is -0.453 e. The molecule has 0 spiro atoms. The Morgan fingerprint density at radius 2 is 1.80 bits per heavy atom. The number of amides is 1. The summed E-state index contributed by atoms with van der Waals surface area (Å²) in [6.07, 6.45) is 4.73. The van der Waals surface area contributed by atoms with Crippen molar-refractivity contribution in [3.63, 3.8) is 0 Å². The number of carbonyl (C=O) groups is 1. The monoisotopic (exact) mass is 284 g/mol. The molecule has 0 saturated carbocycles. The molecule has 0 bridgehead atoms. The van der Waals surface area contributed by atoms with Gasteiger partial charge in [0.05, 0.1) is 13.2 Å². The Bertz CT molecular complexity index is 345. The van der Waals surface area contributed by atoms with Crippen molar-refractivity contribution in [3.05, 3.63) is 12.2 Å². The third-order valence-corrected chi connectivity index (χ3v) is 4.20. The van der Waals surface area contributed by atoms with E-state index < -0.39 is 18.4 Å². The van der Waals surface area contributed by atoms with Crippen LogP contribution in [0, 0.1) is 11.8 Å². The molecular formula is C15H28N2O3. The summed E-state index contributed by atoms with van der Waals surface area (Å²) in [5.41, 5.74) is -0.135. The van der Waals surface area contributed by atoms with Gasteiger partial charge in [-0.3, -0.25) is 5.32 Å². The number of rotatable bonds is 6. The molecule has 0 saturated heterocycles. The van der Waals surface area contributed by atoms with Gasteiger partial charge in [0.15, 0.2) is 0 Å². The van der Waals surface area contributed by atoms with Gasteiger partial charge in [-0.25, -0.2) is 4.79 Å². The maximum absolute atomic E-state index is 11.4. The van der Waals surface area contributed by atoms with E-state index in [1.807, 2.05) is 13.8 Å². The lowest BCUT2D eigenvalue weighted by atomic mass is 9.83. The second-order valence-corrected chi connectivity index (χ2v) is 6.19. The molecule has 1 aliphatic carbocycles. The Labute approximate surface area is 121 Å². The average Bonchev–Trinajstić information content (AvgIpc) is 2.84. The topological polar surface area (TPSA) is 70.6 Å². The fourth-order valence-electron chi connectivity index (χ4n) is 2.62. The Morgan fingerprint density at radius 1 is 1.25 bits per heavy atom. The zero-order valence-corrected chi connectivity index (χ0v) is 13.1. The Morgan fingerprint density at radius 3 is 2.20 bits per heavy atom. The van der Waals surface area contributed by atoms with Crippen LogP contribution in [0.3, 0.4) is 0 Å². The molecule has 0 aromatic rings. The minimum atomic E-state index is -0.809. The summed E-state index contributed by atoms with van der Waals surface area (Å²) < 4.78 is 4.62. The molecule has 0 aliphatic heterocycles. The van der Waals surface area contributed by atoms with Gasteiger partial charge in [0.25, 0.3) is 0 Å². The first-order valence-electron chi connectivity index (χ1n) is 7.27. The van der Waals surface area contributed by atoms with Crippen LogP contribution in [0.1, 0.15) is 40.5 Å². The Hall–Kier alpha value is -1.07. The molecular weight excluding hydrogens is 256 g/mol. The fourth-order valence-corrected chi connectivity index (χ4v) is 2.62. The SMILES string of the molecule is COC(=O)N[C@H](C(C)C)C(O)NC1(C(C)C)CC=CC1. The van der Waals surface area contributed by atoms with Crippen LogP contribution < -0.4 is 10.6 Å². The van der Waals surface area contributed by atoms with Crippen LogP contribution in [-0.4, -0.2) is 36.1 Å². The van der Waals surface area contributed by atoms with E-state index in [0.717, 1.165) is 12.8 Å². The Balaban J connectivity index is 2.74. The molecule has 0 radical (unpaired) electrons. The highest BCUT2D eigenvalue weighted by Gasteiger charge is 2.38. The first kappa shape index (κ1) is 17.0. The number of carbonyl (C=O) groups excluding carboxylic acids is 1. The fraction of sp³-hybridized carbons (Fsp3) is 0.800. The molecule has 20 heavy (non-hydrogen) atoms. The van der Waals surface area contributed by atoms with Crippen LogP contribution in [0.5, 0.6) is 0 Å². The molecule has 0 aromatic carbocycles. The van der Waals surface area contributed by atoms with Gasteiger partial charge in [0.1, 0.15) is 6.23 Å². The molecule has 1 aliphatic rings. The third kappa shape index (κ3) is 3.96. The van der Waals surface area contributed by atoms with E-state index >= 15 is 0 Å². The summed E-state index contributed by atoms with van der Waals surface area (Å²) in [6.45, 7) is 8.20. The zero-order valence-electron chi connectivity index (χ0n) is 13.1. The van der Waals surface area contributed by atoms with E-state index in [1.165, 1.54) is 7.11 Å². The minimum absolute atomic E-state index is 0.0928. The van der Waals surface area contributed by atoms with Crippen LogP contribution in [0.4, 0.5) is 4.79 Å². The summed E-state index contributed by atoms with van der Waals surface area (Å²) in [6, 6.07) is -0.390. The average molecular weight is 284 g/mol. The number of aliphatic hydroxyl groups excluding tert-OH is 1. The molecule has 2 atom stereocenters. The van der Waals surface area contributed by atoms with Gasteiger partial charge in [-0.05, 0) is 24.7 Å². The molecule has 1 amide bonds. The molecule has 1 rings (SSSR count). The van der Waals surface area contributed by atoms with Gasteiger partial charge in [-0.2, -0.15) is 0 Å². The quantitative estimate of drug-likeness (QED) is 0.515. The highest BCUT2D eigenvalue weighted by molar-refractivity contribution is 5.67. The highest BCUT2D eigenvalue weighted by Crippen LogP contribution is 2.32. The van der Waals surface area contributed by atoms with E-state index in [0.29, 0.717) is 5.92 Å². The van der Waals surface area contributed by atoms with E-state index in [2.05, 4.69) is 41.4 Å². The van der Waals surface area contributed by atoms with Gasteiger partial charge in [0, 0.05) is 5.54 Å². The molecule has 1 unspecified atom stereocenters. The first-order valence-corrected chi connectivity index (χ1v) is 7.27. The summed E-state index contributed by atoms with van der Waals surface area (Å²) in [4.78, 5) is 11.4. The van der Waals surface area contributed by atoms with Crippen LogP contribution in [0.2, 0.25) is 0 Å². The number of ether oxygens (including phenoxy) is 1. The third-order valence-electron chi connectivity index (χ3n) is 4.20. The largest absolute Gasteiger partial charge is 0.453 e. The van der Waals surface area contributed by atoms with Crippen molar-refractivity contribution in [2.75, 3.05) is 7.11 Å². The molecule has 5 heteroatoms.